The van der Waals surface area contributed by atoms with Crippen LogP contribution in [0.3, 0.4) is 0 Å². The van der Waals surface area contributed by atoms with E-state index in [0.29, 0.717) is 0 Å². The van der Waals surface area contributed by atoms with E-state index < -0.39 is 0 Å². The minimum Gasteiger partial charge on any atom is -0.356 e. The summed E-state index contributed by atoms with van der Waals surface area (Å²) in [4.78, 5) is 11.3. The van der Waals surface area contributed by atoms with Gasteiger partial charge in [-0.15, -0.1) is 0 Å². The Balaban J connectivity index is 2.87. The molecule has 1 aromatic rings. The summed E-state index contributed by atoms with van der Waals surface area (Å²) in [6.45, 7) is 8.39. The van der Waals surface area contributed by atoms with Gasteiger partial charge < -0.3 is 4.90 Å². The van der Waals surface area contributed by atoms with Gasteiger partial charge in [-0.3, -0.25) is 0 Å². The van der Waals surface area contributed by atoms with E-state index in [4.69, 9.17) is 0 Å². The molecule has 0 amide bonds. The molecule has 0 radical (unpaired) electrons. The smallest absolute Gasteiger partial charge is 0.132 e. The Hall–Kier alpha value is -0.640. The van der Waals surface area contributed by atoms with Crippen molar-refractivity contribution in [2.45, 2.75) is 40.0 Å². The molecule has 0 aliphatic heterocycles. The second-order valence-electron chi connectivity index (χ2n) is 4.15. The minimum absolute atomic E-state index is 0.871. The molecule has 0 aliphatic rings. The first-order chi connectivity index (χ1) is 8.21. The second-order valence-corrected chi connectivity index (χ2v) is 4.94. The summed E-state index contributed by atoms with van der Waals surface area (Å²) >= 11 is 3.51. The lowest BCUT2D eigenvalue weighted by Crippen LogP contribution is -2.28. The molecule has 4 heteroatoms. The number of halogens is 1. The van der Waals surface area contributed by atoms with Crippen molar-refractivity contribution in [1.82, 2.24) is 9.97 Å². The first-order valence-corrected chi connectivity index (χ1v) is 7.48. The largest absolute Gasteiger partial charge is 0.356 e. The molecule has 0 bridgehead atoms. The fourth-order valence-electron chi connectivity index (χ4n) is 1.75. The predicted molar refractivity (Wildman–Crippen MR) is 77.1 cm³/mol. The topological polar surface area (TPSA) is 29.0 Å². The molecule has 0 N–H and O–H groups in total. The maximum absolute atomic E-state index is 4.55. The molecular weight excluding hydrogens is 278 g/mol. The van der Waals surface area contributed by atoms with E-state index in [9.17, 15) is 0 Å². The summed E-state index contributed by atoms with van der Waals surface area (Å²) < 4.78 is 0. The minimum atomic E-state index is 0.871. The highest BCUT2D eigenvalue weighted by molar-refractivity contribution is 9.09. The molecule has 1 rings (SSSR count). The Kier molecular flexibility index (Phi) is 6.48. The van der Waals surface area contributed by atoms with Crippen LogP contribution in [-0.2, 0) is 6.42 Å². The summed E-state index contributed by atoms with van der Waals surface area (Å²) in [6.07, 6.45) is 3.38. The summed E-state index contributed by atoms with van der Waals surface area (Å²) in [5.41, 5.74) is 1.13. The number of hydrogen-bond donors (Lipinski definition) is 0. The van der Waals surface area contributed by atoms with Gasteiger partial charge in [0.2, 0.25) is 0 Å². The van der Waals surface area contributed by atoms with Gasteiger partial charge in [0.1, 0.15) is 11.6 Å². The fourth-order valence-corrected chi connectivity index (χ4v) is 2.18. The lowest BCUT2D eigenvalue weighted by molar-refractivity contribution is 0.722. The normalized spacial score (nSPS) is 10.6. The predicted octanol–water partition coefficient (Wildman–Crippen LogP) is 3.35. The van der Waals surface area contributed by atoms with Crippen LogP contribution in [0.15, 0.2) is 6.07 Å². The Labute approximate surface area is 113 Å². The summed E-state index contributed by atoms with van der Waals surface area (Å²) in [5.74, 6) is 1.94. The standard InChI is InChI=1S/C13H22BrN3/c1-4-6-8-17(9-7-14)13-10-12(5-2)15-11(3)16-13/h10H,4-9H2,1-3H3. The first kappa shape index (κ1) is 14.4. The number of anilines is 1. The summed E-state index contributed by atoms with van der Waals surface area (Å²) in [6, 6.07) is 2.12. The molecule has 0 unspecified atom stereocenters. The van der Waals surface area contributed by atoms with Gasteiger partial charge in [0.25, 0.3) is 0 Å². The van der Waals surface area contributed by atoms with Crippen LogP contribution in [0.4, 0.5) is 5.82 Å². The van der Waals surface area contributed by atoms with Gasteiger partial charge in [-0.1, -0.05) is 36.2 Å². The van der Waals surface area contributed by atoms with E-state index in [0.717, 1.165) is 42.2 Å². The molecule has 1 heterocycles. The van der Waals surface area contributed by atoms with Gasteiger partial charge >= 0.3 is 0 Å². The van der Waals surface area contributed by atoms with Gasteiger partial charge in [-0.2, -0.15) is 0 Å². The van der Waals surface area contributed by atoms with E-state index in [2.05, 4.69) is 50.7 Å². The van der Waals surface area contributed by atoms with E-state index >= 15 is 0 Å². The third kappa shape index (κ3) is 4.62. The molecule has 1 aromatic heterocycles. The zero-order chi connectivity index (χ0) is 12.7. The van der Waals surface area contributed by atoms with Crippen molar-refractivity contribution in [3.63, 3.8) is 0 Å². The van der Waals surface area contributed by atoms with Crippen molar-refractivity contribution < 1.29 is 0 Å². The SMILES string of the molecule is CCCCN(CCBr)c1cc(CC)nc(C)n1. The van der Waals surface area contributed by atoms with Crippen LogP contribution in [0.2, 0.25) is 0 Å². The Morgan fingerprint density at radius 1 is 1.24 bits per heavy atom. The molecule has 0 aliphatic carbocycles. The first-order valence-electron chi connectivity index (χ1n) is 6.36. The number of rotatable bonds is 7. The highest BCUT2D eigenvalue weighted by atomic mass is 79.9. The fraction of sp³-hybridized carbons (Fsp3) is 0.692. The average Bonchev–Trinajstić information content (AvgIpc) is 2.33. The van der Waals surface area contributed by atoms with Gasteiger partial charge in [-0.05, 0) is 19.8 Å². The number of unbranched alkanes of at least 4 members (excludes halogenated alkanes) is 1. The third-order valence-corrected chi connectivity index (χ3v) is 3.05. The third-order valence-electron chi connectivity index (χ3n) is 2.70. The van der Waals surface area contributed by atoms with E-state index in [1.165, 1.54) is 12.8 Å². The molecule has 0 saturated carbocycles. The molecule has 0 saturated heterocycles. The zero-order valence-corrected chi connectivity index (χ0v) is 12.6. The Morgan fingerprint density at radius 3 is 2.59 bits per heavy atom. The van der Waals surface area contributed by atoms with Crippen molar-refractivity contribution in [1.29, 1.82) is 0 Å². The summed E-state index contributed by atoms with van der Waals surface area (Å²) in [5, 5.41) is 0.973. The zero-order valence-electron chi connectivity index (χ0n) is 11.0. The monoisotopic (exact) mass is 299 g/mol. The van der Waals surface area contributed by atoms with Crippen LogP contribution >= 0.6 is 15.9 Å². The van der Waals surface area contributed by atoms with Gasteiger partial charge in [-0.25, -0.2) is 9.97 Å². The Morgan fingerprint density at radius 2 is 2.00 bits per heavy atom. The van der Waals surface area contributed by atoms with E-state index in [1.54, 1.807) is 0 Å². The molecule has 0 fully saturated rings. The molecule has 0 atom stereocenters. The highest BCUT2D eigenvalue weighted by Gasteiger charge is 2.09. The van der Waals surface area contributed by atoms with Crippen molar-refractivity contribution in [2.24, 2.45) is 0 Å². The number of nitrogens with zero attached hydrogens (tertiary/aromatic N) is 3. The maximum Gasteiger partial charge on any atom is 0.132 e. The molecule has 0 spiro atoms. The Bertz CT molecular complexity index is 341. The van der Waals surface area contributed by atoms with Gasteiger partial charge in [0.05, 0.1) is 0 Å². The van der Waals surface area contributed by atoms with Crippen molar-refractivity contribution in [3.05, 3.63) is 17.6 Å². The van der Waals surface area contributed by atoms with Crippen molar-refractivity contribution in [3.8, 4) is 0 Å². The molecule has 0 aromatic carbocycles. The number of hydrogen-bond acceptors (Lipinski definition) is 3. The van der Waals surface area contributed by atoms with Crippen LogP contribution in [0.25, 0.3) is 0 Å². The average molecular weight is 300 g/mol. The molecule has 3 nitrogen and oxygen atoms in total. The lowest BCUT2D eigenvalue weighted by Gasteiger charge is -2.23. The van der Waals surface area contributed by atoms with E-state index in [1.807, 2.05) is 6.92 Å². The molecule has 96 valence electrons. The van der Waals surface area contributed by atoms with Crippen LogP contribution in [-0.4, -0.2) is 28.4 Å². The van der Waals surface area contributed by atoms with Crippen LogP contribution in [0, 0.1) is 6.92 Å². The second kappa shape index (κ2) is 7.64. The molecular formula is C13H22BrN3. The summed E-state index contributed by atoms with van der Waals surface area (Å²) in [7, 11) is 0. The van der Waals surface area contributed by atoms with Crippen LogP contribution in [0.5, 0.6) is 0 Å². The van der Waals surface area contributed by atoms with Crippen LogP contribution in [0.1, 0.15) is 38.2 Å². The number of aryl methyl sites for hydroxylation is 2. The van der Waals surface area contributed by atoms with E-state index in [-0.39, 0.29) is 0 Å². The number of aromatic nitrogens is 2. The highest BCUT2D eigenvalue weighted by Crippen LogP contribution is 2.14. The quantitative estimate of drug-likeness (QED) is 0.723. The van der Waals surface area contributed by atoms with Gasteiger partial charge in [0.15, 0.2) is 0 Å². The van der Waals surface area contributed by atoms with Crippen molar-refractivity contribution >= 4 is 21.7 Å². The number of alkyl halides is 1. The lowest BCUT2D eigenvalue weighted by atomic mass is 10.2. The van der Waals surface area contributed by atoms with Crippen LogP contribution < -0.4 is 4.90 Å². The maximum atomic E-state index is 4.55. The van der Waals surface area contributed by atoms with Crippen molar-refractivity contribution in [2.75, 3.05) is 23.3 Å². The van der Waals surface area contributed by atoms with Gasteiger partial charge in [0, 0.05) is 30.2 Å². The molecule has 17 heavy (non-hydrogen) atoms.